The maximum atomic E-state index is 12.9. The minimum Gasteiger partial charge on any atom is -0.372 e. The second-order valence-corrected chi connectivity index (χ2v) is 8.84. The van der Waals surface area contributed by atoms with Crippen LogP contribution in [0.5, 0.6) is 0 Å². The molecule has 0 atom stereocenters. The molecule has 0 bridgehead atoms. The van der Waals surface area contributed by atoms with Crippen molar-refractivity contribution in [3.63, 3.8) is 0 Å². The van der Waals surface area contributed by atoms with E-state index < -0.39 is 0 Å². The number of benzene rings is 2. The fourth-order valence-electron chi connectivity index (χ4n) is 3.86. The zero-order valence-corrected chi connectivity index (χ0v) is 18.5. The summed E-state index contributed by atoms with van der Waals surface area (Å²) in [5.41, 5.74) is 3.52. The number of thiophene rings is 1. The van der Waals surface area contributed by atoms with Crippen LogP contribution in [0.25, 0.3) is 0 Å². The standard InChI is InChI=1S/C25H27N3O2S/c1-27(18-19-10-12-22(13-11-19)28-14-3-2-4-15-28)25(30)20-7-5-8-21(17-20)26-24(29)23-9-6-16-31-23/h5-13,16-17H,2-4,14-15,18H2,1H3,(H,26,29). The van der Waals surface area contributed by atoms with Crippen LogP contribution in [0.3, 0.4) is 0 Å². The van der Waals surface area contributed by atoms with E-state index in [-0.39, 0.29) is 11.8 Å². The smallest absolute Gasteiger partial charge is 0.265 e. The molecule has 5 nitrogen and oxygen atoms in total. The van der Waals surface area contributed by atoms with Gasteiger partial charge in [-0.15, -0.1) is 11.3 Å². The molecule has 2 amide bonds. The topological polar surface area (TPSA) is 52.6 Å². The summed E-state index contributed by atoms with van der Waals surface area (Å²) in [7, 11) is 1.80. The molecule has 6 heteroatoms. The quantitative estimate of drug-likeness (QED) is 0.577. The first-order chi connectivity index (χ1) is 15.1. The van der Waals surface area contributed by atoms with Gasteiger partial charge in [0.25, 0.3) is 11.8 Å². The molecule has 0 aliphatic carbocycles. The van der Waals surface area contributed by atoms with Gasteiger partial charge in [-0.2, -0.15) is 0 Å². The van der Waals surface area contributed by atoms with E-state index in [0.29, 0.717) is 22.7 Å². The molecule has 1 fully saturated rings. The highest BCUT2D eigenvalue weighted by molar-refractivity contribution is 7.12. The van der Waals surface area contributed by atoms with Gasteiger partial charge in [-0.05, 0) is 66.6 Å². The summed E-state index contributed by atoms with van der Waals surface area (Å²) in [6, 6.07) is 19.2. The van der Waals surface area contributed by atoms with Gasteiger partial charge in [-0.25, -0.2) is 0 Å². The van der Waals surface area contributed by atoms with E-state index in [1.807, 2.05) is 11.4 Å². The molecule has 1 aliphatic heterocycles. The molecule has 3 aromatic rings. The van der Waals surface area contributed by atoms with Crippen LogP contribution >= 0.6 is 11.3 Å². The highest BCUT2D eigenvalue weighted by atomic mass is 32.1. The van der Waals surface area contributed by atoms with Crippen LogP contribution in [0.1, 0.15) is 44.9 Å². The van der Waals surface area contributed by atoms with Gasteiger partial charge < -0.3 is 15.1 Å². The van der Waals surface area contributed by atoms with Crippen LogP contribution in [0.15, 0.2) is 66.0 Å². The van der Waals surface area contributed by atoms with Crippen molar-refractivity contribution in [1.82, 2.24) is 4.90 Å². The third-order valence-corrected chi connectivity index (χ3v) is 6.40. The van der Waals surface area contributed by atoms with Crippen LogP contribution < -0.4 is 10.2 Å². The van der Waals surface area contributed by atoms with E-state index in [2.05, 4.69) is 34.5 Å². The predicted octanol–water partition coefficient (Wildman–Crippen LogP) is 5.26. The predicted molar refractivity (Wildman–Crippen MR) is 127 cm³/mol. The Morgan fingerprint density at radius 1 is 1.00 bits per heavy atom. The summed E-state index contributed by atoms with van der Waals surface area (Å²) in [6.45, 7) is 2.78. The highest BCUT2D eigenvalue weighted by Gasteiger charge is 2.15. The van der Waals surface area contributed by atoms with Gasteiger partial charge in [0, 0.05) is 43.6 Å². The summed E-state index contributed by atoms with van der Waals surface area (Å²) in [4.78, 5) is 30.0. The summed E-state index contributed by atoms with van der Waals surface area (Å²) < 4.78 is 0. The fourth-order valence-corrected chi connectivity index (χ4v) is 4.48. The lowest BCUT2D eigenvalue weighted by Crippen LogP contribution is -2.29. The second-order valence-electron chi connectivity index (χ2n) is 7.89. The molecule has 1 aliphatic rings. The van der Waals surface area contributed by atoms with Gasteiger partial charge in [0.15, 0.2) is 0 Å². The monoisotopic (exact) mass is 433 g/mol. The Hall–Kier alpha value is -3.12. The van der Waals surface area contributed by atoms with Gasteiger partial charge in [0.2, 0.25) is 0 Å². The average molecular weight is 434 g/mol. The Bertz CT molecular complexity index is 1030. The number of hydrogen-bond donors (Lipinski definition) is 1. The number of nitrogens with zero attached hydrogens (tertiary/aromatic N) is 2. The first-order valence-corrected chi connectivity index (χ1v) is 11.5. The van der Waals surface area contributed by atoms with Gasteiger partial charge in [-0.1, -0.05) is 24.3 Å². The fraction of sp³-hybridized carbons (Fsp3) is 0.280. The number of carbonyl (C=O) groups excluding carboxylic acids is 2. The molecule has 2 heterocycles. The van der Waals surface area contributed by atoms with Gasteiger partial charge in [0.1, 0.15) is 0 Å². The van der Waals surface area contributed by atoms with Crippen molar-refractivity contribution in [2.24, 2.45) is 0 Å². The maximum Gasteiger partial charge on any atom is 0.265 e. The van der Waals surface area contributed by atoms with E-state index in [9.17, 15) is 9.59 Å². The molecule has 0 unspecified atom stereocenters. The van der Waals surface area contributed by atoms with E-state index in [1.54, 1.807) is 42.3 Å². The van der Waals surface area contributed by atoms with Crippen molar-refractivity contribution < 1.29 is 9.59 Å². The van der Waals surface area contributed by atoms with Gasteiger partial charge in [0.05, 0.1) is 4.88 Å². The van der Waals surface area contributed by atoms with Crippen LogP contribution in [0.2, 0.25) is 0 Å². The Morgan fingerprint density at radius 3 is 2.48 bits per heavy atom. The number of amides is 2. The third kappa shape index (κ3) is 5.33. The molecule has 31 heavy (non-hydrogen) atoms. The minimum atomic E-state index is -0.165. The van der Waals surface area contributed by atoms with E-state index in [1.165, 1.54) is 36.3 Å². The first kappa shape index (κ1) is 21.1. The summed E-state index contributed by atoms with van der Waals surface area (Å²) >= 11 is 1.39. The molecule has 0 saturated carbocycles. The minimum absolute atomic E-state index is 0.0765. The number of anilines is 2. The molecule has 160 valence electrons. The molecule has 1 saturated heterocycles. The van der Waals surface area contributed by atoms with Crippen molar-refractivity contribution in [2.45, 2.75) is 25.8 Å². The molecule has 0 spiro atoms. The lowest BCUT2D eigenvalue weighted by atomic mass is 10.1. The Kier molecular flexibility index (Phi) is 6.67. The Balaban J connectivity index is 1.38. The molecule has 1 N–H and O–H groups in total. The van der Waals surface area contributed by atoms with Gasteiger partial charge >= 0.3 is 0 Å². The highest BCUT2D eigenvalue weighted by Crippen LogP contribution is 2.21. The van der Waals surface area contributed by atoms with Crippen LogP contribution in [0, 0.1) is 0 Å². The zero-order valence-electron chi connectivity index (χ0n) is 17.7. The Labute approximate surface area is 187 Å². The molecule has 0 radical (unpaired) electrons. The van der Waals surface area contributed by atoms with E-state index in [4.69, 9.17) is 0 Å². The summed E-state index contributed by atoms with van der Waals surface area (Å²) in [5.74, 6) is -0.242. The van der Waals surface area contributed by atoms with Crippen LogP contribution in [-0.2, 0) is 6.54 Å². The zero-order chi connectivity index (χ0) is 21.6. The summed E-state index contributed by atoms with van der Waals surface area (Å²) in [6.07, 6.45) is 3.83. The van der Waals surface area contributed by atoms with Crippen molar-refractivity contribution in [2.75, 3.05) is 30.4 Å². The first-order valence-electron chi connectivity index (χ1n) is 10.6. The van der Waals surface area contributed by atoms with E-state index >= 15 is 0 Å². The van der Waals surface area contributed by atoms with Crippen molar-refractivity contribution in [3.8, 4) is 0 Å². The van der Waals surface area contributed by atoms with Crippen molar-refractivity contribution >= 4 is 34.5 Å². The lowest BCUT2D eigenvalue weighted by Gasteiger charge is -2.29. The van der Waals surface area contributed by atoms with Crippen molar-refractivity contribution in [1.29, 1.82) is 0 Å². The summed E-state index contributed by atoms with van der Waals surface area (Å²) in [5, 5.41) is 4.73. The largest absolute Gasteiger partial charge is 0.372 e. The number of rotatable bonds is 6. The normalized spacial score (nSPS) is 13.6. The lowest BCUT2D eigenvalue weighted by molar-refractivity contribution is 0.0784. The molecule has 1 aromatic heterocycles. The number of piperidine rings is 1. The number of carbonyl (C=O) groups is 2. The Morgan fingerprint density at radius 2 is 1.77 bits per heavy atom. The van der Waals surface area contributed by atoms with Crippen LogP contribution in [-0.4, -0.2) is 36.9 Å². The molecule has 2 aromatic carbocycles. The number of nitrogens with one attached hydrogen (secondary N) is 1. The number of hydrogen-bond acceptors (Lipinski definition) is 4. The third-order valence-electron chi connectivity index (χ3n) is 5.54. The molecular weight excluding hydrogens is 406 g/mol. The average Bonchev–Trinajstić information content (AvgIpc) is 3.35. The molecule has 4 rings (SSSR count). The maximum absolute atomic E-state index is 12.9. The van der Waals surface area contributed by atoms with Gasteiger partial charge in [-0.3, -0.25) is 9.59 Å². The van der Waals surface area contributed by atoms with Crippen molar-refractivity contribution in [3.05, 3.63) is 82.0 Å². The molecular formula is C25H27N3O2S. The second kappa shape index (κ2) is 9.79. The SMILES string of the molecule is CN(Cc1ccc(N2CCCCC2)cc1)C(=O)c1cccc(NC(=O)c2cccs2)c1. The van der Waals surface area contributed by atoms with Crippen LogP contribution in [0.4, 0.5) is 11.4 Å². The van der Waals surface area contributed by atoms with E-state index in [0.717, 1.165) is 18.7 Å².